The number of fused-ring (bicyclic) bond motifs is 1. The van der Waals surface area contributed by atoms with E-state index in [0.717, 1.165) is 11.3 Å². The summed E-state index contributed by atoms with van der Waals surface area (Å²) in [7, 11) is 0. The van der Waals surface area contributed by atoms with Gasteiger partial charge >= 0.3 is 5.97 Å². The van der Waals surface area contributed by atoms with Crippen LogP contribution in [0.2, 0.25) is 0 Å². The fraction of sp³-hybridized carbons (Fsp3) is 0.500. The molecule has 2 aliphatic heterocycles. The molecule has 0 unspecified atom stereocenters. The van der Waals surface area contributed by atoms with Crippen LogP contribution in [0.25, 0.3) is 0 Å². The van der Waals surface area contributed by atoms with Crippen molar-refractivity contribution >= 4 is 46.2 Å². The van der Waals surface area contributed by atoms with E-state index in [0.29, 0.717) is 10.8 Å². The number of rotatable bonds is 2. The van der Waals surface area contributed by atoms with Gasteiger partial charge in [-0.25, -0.2) is 4.79 Å². The fourth-order valence-corrected chi connectivity index (χ4v) is 3.84. The van der Waals surface area contributed by atoms with E-state index >= 15 is 0 Å². The third kappa shape index (κ3) is 1.44. The SMILES string of the molecule is O=C(O)C1=C(CI)CS[C@@H]2CC(=O)N12. The Labute approximate surface area is 98.9 Å². The quantitative estimate of drug-likeness (QED) is 0.469. The van der Waals surface area contributed by atoms with Gasteiger partial charge in [-0.2, -0.15) is 0 Å². The molecule has 76 valence electrons. The van der Waals surface area contributed by atoms with E-state index in [9.17, 15) is 9.59 Å². The predicted octanol–water partition coefficient (Wildman–Crippen LogP) is 1.07. The van der Waals surface area contributed by atoms with E-state index in [1.54, 1.807) is 11.8 Å². The summed E-state index contributed by atoms with van der Waals surface area (Å²) < 4.78 is 0.670. The van der Waals surface area contributed by atoms with Gasteiger partial charge in [0, 0.05) is 10.2 Å². The van der Waals surface area contributed by atoms with Gasteiger partial charge in [0.1, 0.15) is 5.70 Å². The molecule has 1 fully saturated rings. The Kier molecular flexibility index (Phi) is 2.74. The van der Waals surface area contributed by atoms with Crippen molar-refractivity contribution in [3.8, 4) is 0 Å². The molecule has 2 heterocycles. The monoisotopic (exact) mass is 325 g/mol. The number of amides is 1. The maximum absolute atomic E-state index is 11.3. The van der Waals surface area contributed by atoms with Crippen molar-refractivity contribution in [1.29, 1.82) is 0 Å². The van der Waals surface area contributed by atoms with E-state index in [4.69, 9.17) is 5.11 Å². The molecule has 2 rings (SSSR count). The first-order valence-corrected chi connectivity index (χ1v) is 6.67. The van der Waals surface area contributed by atoms with Gasteiger partial charge in [0.2, 0.25) is 5.91 Å². The van der Waals surface area contributed by atoms with Crippen LogP contribution in [0.15, 0.2) is 11.3 Å². The molecule has 0 aromatic rings. The maximum Gasteiger partial charge on any atom is 0.352 e. The predicted molar refractivity (Wildman–Crippen MR) is 61.3 cm³/mol. The van der Waals surface area contributed by atoms with E-state index in [2.05, 4.69) is 22.6 Å². The number of hydrogen-bond acceptors (Lipinski definition) is 3. The van der Waals surface area contributed by atoms with Crippen LogP contribution in [-0.4, -0.2) is 37.4 Å². The van der Waals surface area contributed by atoms with Gasteiger partial charge in [-0.1, -0.05) is 22.6 Å². The lowest BCUT2D eigenvalue weighted by Crippen LogP contribution is -2.54. The minimum absolute atomic E-state index is 0.0676. The van der Waals surface area contributed by atoms with Gasteiger partial charge < -0.3 is 5.11 Å². The molecule has 0 spiro atoms. The molecule has 0 aromatic heterocycles. The Morgan fingerprint density at radius 2 is 2.43 bits per heavy atom. The van der Waals surface area contributed by atoms with E-state index < -0.39 is 5.97 Å². The Hall–Kier alpha value is -0.240. The van der Waals surface area contributed by atoms with E-state index in [1.165, 1.54) is 4.90 Å². The number of carboxylic acid groups (broad SMARTS) is 1. The Bertz CT molecular complexity index is 341. The second-order valence-corrected chi connectivity index (χ2v) is 5.05. The average molecular weight is 325 g/mol. The highest BCUT2D eigenvalue weighted by atomic mass is 127. The number of carbonyl (C=O) groups excluding carboxylic acids is 1. The van der Waals surface area contributed by atoms with E-state index in [1.807, 2.05) is 0 Å². The summed E-state index contributed by atoms with van der Waals surface area (Å²) in [6, 6.07) is 0. The number of thioether (sulfide) groups is 1. The Morgan fingerprint density at radius 3 is 2.93 bits per heavy atom. The van der Waals surface area contributed by atoms with Crippen molar-refractivity contribution in [3.05, 3.63) is 11.3 Å². The lowest BCUT2D eigenvalue weighted by atomic mass is 10.1. The topological polar surface area (TPSA) is 57.6 Å². The summed E-state index contributed by atoms with van der Waals surface area (Å²) in [6.07, 6.45) is 0.482. The number of nitrogens with zero attached hydrogens (tertiary/aromatic N) is 1. The molecule has 1 amide bonds. The number of β-lactam (4-membered cyclic amide) rings is 1. The molecule has 2 aliphatic rings. The van der Waals surface area contributed by atoms with Crippen molar-refractivity contribution in [2.24, 2.45) is 0 Å². The first-order valence-electron chi connectivity index (χ1n) is 4.10. The minimum atomic E-state index is -0.977. The van der Waals surface area contributed by atoms with Crippen LogP contribution in [0.5, 0.6) is 0 Å². The zero-order chi connectivity index (χ0) is 10.3. The van der Waals surface area contributed by atoms with Crippen molar-refractivity contribution in [2.75, 3.05) is 10.2 Å². The number of carbonyl (C=O) groups is 2. The van der Waals surface area contributed by atoms with Crippen LogP contribution in [-0.2, 0) is 9.59 Å². The van der Waals surface area contributed by atoms with Gasteiger partial charge in [0.05, 0.1) is 11.8 Å². The third-order valence-electron chi connectivity index (χ3n) is 2.30. The lowest BCUT2D eigenvalue weighted by molar-refractivity contribution is -0.146. The largest absolute Gasteiger partial charge is 0.477 e. The van der Waals surface area contributed by atoms with Crippen molar-refractivity contribution < 1.29 is 14.7 Å². The summed E-state index contributed by atoms with van der Waals surface area (Å²) in [4.78, 5) is 23.7. The average Bonchev–Trinajstić information content (AvgIpc) is 2.15. The molecule has 6 heteroatoms. The van der Waals surface area contributed by atoms with E-state index in [-0.39, 0.29) is 17.0 Å². The van der Waals surface area contributed by atoms with Crippen molar-refractivity contribution in [3.63, 3.8) is 0 Å². The first-order chi connectivity index (χ1) is 6.65. The van der Waals surface area contributed by atoms with Crippen molar-refractivity contribution in [2.45, 2.75) is 11.8 Å². The van der Waals surface area contributed by atoms with Crippen LogP contribution in [0.4, 0.5) is 0 Å². The molecule has 0 aromatic carbocycles. The number of halogens is 1. The molecule has 0 aliphatic carbocycles. The number of alkyl halides is 1. The highest BCUT2D eigenvalue weighted by molar-refractivity contribution is 14.1. The minimum Gasteiger partial charge on any atom is -0.477 e. The molecular formula is C8H8INO3S. The molecule has 14 heavy (non-hydrogen) atoms. The Balaban J connectivity index is 2.37. The molecule has 0 radical (unpaired) electrons. The van der Waals surface area contributed by atoms with Gasteiger partial charge in [0.15, 0.2) is 0 Å². The molecule has 0 bridgehead atoms. The first kappa shape index (κ1) is 10.3. The number of carboxylic acids is 1. The summed E-state index contributed by atoms with van der Waals surface area (Å²) in [5, 5.41) is 9.08. The standard InChI is InChI=1S/C8H8INO3S/c9-2-4-3-14-6-1-5(11)10(6)7(4)8(12)13/h6H,1-3H2,(H,12,13)/t6-/m1/s1. The summed E-state index contributed by atoms with van der Waals surface area (Å²) >= 11 is 3.78. The van der Waals surface area contributed by atoms with Crippen LogP contribution < -0.4 is 0 Å². The van der Waals surface area contributed by atoms with Gasteiger partial charge in [-0.3, -0.25) is 9.69 Å². The van der Waals surface area contributed by atoms with Crippen LogP contribution in [0, 0.1) is 0 Å². The normalized spacial score (nSPS) is 25.9. The zero-order valence-electron chi connectivity index (χ0n) is 7.20. The van der Waals surface area contributed by atoms with Gasteiger partial charge in [0.25, 0.3) is 0 Å². The third-order valence-corrected chi connectivity index (χ3v) is 4.49. The zero-order valence-corrected chi connectivity index (χ0v) is 10.2. The van der Waals surface area contributed by atoms with Crippen LogP contribution in [0.3, 0.4) is 0 Å². The molecule has 1 saturated heterocycles. The smallest absolute Gasteiger partial charge is 0.352 e. The maximum atomic E-state index is 11.3. The number of hydrogen-bond donors (Lipinski definition) is 1. The molecule has 4 nitrogen and oxygen atoms in total. The lowest BCUT2D eigenvalue weighted by Gasteiger charge is -2.43. The highest BCUT2D eigenvalue weighted by Crippen LogP contribution is 2.40. The van der Waals surface area contributed by atoms with Gasteiger partial charge in [-0.05, 0) is 5.57 Å². The molecule has 1 N–H and O–H groups in total. The summed E-state index contributed by atoms with van der Waals surface area (Å²) in [6.45, 7) is 0. The van der Waals surface area contributed by atoms with Crippen LogP contribution >= 0.6 is 34.4 Å². The Morgan fingerprint density at radius 1 is 1.71 bits per heavy atom. The second-order valence-electron chi connectivity index (χ2n) is 3.12. The number of aliphatic carboxylic acids is 1. The summed E-state index contributed by atoms with van der Waals surface area (Å²) in [5.74, 6) is -0.309. The molecule has 1 atom stereocenters. The highest BCUT2D eigenvalue weighted by Gasteiger charge is 2.44. The van der Waals surface area contributed by atoms with Crippen LogP contribution in [0.1, 0.15) is 6.42 Å². The molecule has 0 saturated carbocycles. The molecular weight excluding hydrogens is 317 g/mol. The van der Waals surface area contributed by atoms with Crippen molar-refractivity contribution in [1.82, 2.24) is 4.90 Å². The van der Waals surface area contributed by atoms with Gasteiger partial charge in [-0.15, -0.1) is 11.8 Å². The summed E-state index contributed by atoms with van der Waals surface area (Å²) in [5.41, 5.74) is 1.08. The second kappa shape index (κ2) is 3.73. The fourth-order valence-electron chi connectivity index (χ4n) is 1.58.